The van der Waals surface area contributed by atoms with Crippen molar-refractivity contribution >= 4 is 52.1 Å². The first-order chi connectivity index (χ1) is 10.8. The van der Waals surface area contributed by atoms with Crippen molar-refractivity contribution in [3.05, 3.63) is 46.5 Å². The Bertz CT molecular complexity index is 770. The maximum absolute atomic E-state index is 12.3. The molecule has 1 aromatic rings. The number of benzene rings is 1. The highest BCUT2D eigenvalue weighted by Crippen LogP contribution is 2.34. The first kappa shape index (κ1) is 16.7. The van der Waals surface area contributed by atoms with Crippen molar-refractivity contribution in [3.8, 4) is 5.75 Å². The predicted molar refractivity (Wildman–Crippen MR) is 89.6 cm³/mol. The van der Waals surface area contributed by atoms with E-state index in [4.69, 9.17) is 23.7 Å². The summed E-state index contributed by atoms with van der Waals surface area (Å²) in [6.07, 6.45) is 2.38. The number of thioether (sulfide) groups is 1. The molecule has 118 valence electrons. The Morgan fingerprint density at radius 2 is 1.83 bits per heavy atom. The summed E-state index contributed by atoms with van der Waals surface area (Å²) in [5.41, 5.74) is 9.98. The van der Waals surface area contributed by atoms with E-state index in [9.17, 15) is 19.5 Å². The van der Waals surface area contributed by atoms with Crippen molar-refractivity contribution < 1.29 is 19.5 Å². The average Bonchev–Trinajstić information content (AvgIpc) is 2.73. The molecule has 1 heterocycles. The number of carbonyl (C=O) groups excluding carboxylic acids is 3. The predicted octanol–water partition coefficient (Wildman–Crippen LogP) is 0.448. The lowest BCUT2D eigenvalue weighted by molar-refractivity contribution is -0.120. The second kappa shape index (κ2) is 6.63. The third-order valence-corrected chi connectivity index (χ3v) is 4.17. The normalized spacial score (nSPS) is 15.8. The van der Waals surface area contributed by atoms with E-state index in [2.05, 4.69) is 0 Å². The molecule has 3 amide bonds. The molecule has 1 saturated heterocycles. The molecule has 0 atom stereocenters. The first-order valence-electron chi connectivity index (χ1n) is 6.17. The molecule has 0 unspecified atom stereocenters. The van der Waals surface area contributed by atoms with Gasteiger partial charge in [0.15, 0.2) is 4.32 Å². The highest BCUT2D eigenvalue weighted by Gasteiger charge is 2.32. The zero-order valence-electron chi connectivity index (χ0n) is 11.6. The van der Waals surface area contributed by atoms with Gasteiger partial charge < -0.3 is 16.6 Å². The summed E-state index contributed by atoms with van der Waals surface area (Å²) in [5, 5.41) is 9.73. The number of aromatic hydroxyl groups is 1. The lowest BCUT2D eigenvalue weighted by Gasteiger charge is -2.09. The van der Waals surface area contributed by atoms with Gasteiger partial charge in [0.25, 0.3) is 17.7 Å². The Hall–Kier alpha value is -2.65. The van der Waals surface area contributed by atoms with Crippen molar-refractivity contribution in [1.29, 1.82) is 0 Å². The van der Waals surface area contributed by atoms with Crippen LogP contribution in [0.4, 0.5) is 0 Å². The highest BCUT2D eigenvalue weighted by atomic mass is 32.2. The summed E-state index contributed by atoms with van der Waals surface area (Å²) in [5.74, 6) is -2.67. The molecule has 0 radical (unpaired) electrons. The summed E-state index contributed by atoms with van der Waals surface area (Å²) in [7, 11) is 0. The number of nitrogens with zero attached hydrogens (tertiary/aromatic N) is 1. The summed E-state index contributed by atoms with van der Waals surface area (Å²) >= 11 is 6.01. The van der Waals surface area contributed by atoms with Gasteiger partial charge in [0.2, 0.25) is 0 Å². The van der Waals surface area contributed by atoms with Crippen molar-refractivity contribution in [1.82, 2.24) is 4.90 Å². The van der Waals surface area contributed by atoms with Gasteiger partial charge in [0, 0.05) is 11.8 Å². The molecule has 5 N–H and O–H groups in total. The van der Waals surface area contributed by atoms with Crippen molar-refractivity contribution in [2.24, 2.45) is 11.5 Å². The number of hydrogen-bond acceptors (Lipinski definition) is 6. The van der Waals surface area contributed by atoms with Gasteiger partial charge in [-0.25, -0.2) is 0 Å². The molecule has 0 saturated carbocycles. The monoisotopic (exact) mass is 349 g/mol. The number of phenolic OH excluding ortho intramolecular Hbond substituents is 1. The molecule has 2 rings (SSSR count). The smallest absolute Gasteiger partial charge is 0.270 e. The van der Waals surface area contributed by atoms with E-state index in [-0.39, 0.29) is 15.0 Å². The molecule has 9 heteroatoms. The number of primary amides is 2. The number of amides is 3. The number of phenols is 1. The zero-order chi connectivity index (χ0) is 17.1. The average molecular weight is 349 g/mol. The number of hydrogen-bond donors (Lipinski definition) is 3. The van der Waals surface area contributed by atoms with Crippen LogP contribution in [0.2, 0.25) is 0 Å². The summed E-state index contributed by atoms with van der Waals surface area (Å²) in [6.45, 7) is 0. The van der Waals surface area contributed by atoms with Gasteiger partial charge in [-0.3, -0.25) is 19.3 Å². The van der Waals surface area contributed by atoms with E-state index >= 15 is 0 Å². The van der Waals surface area contributed by atoms with E-state index < -0.39 is 23.3 Å². The number of carbonyl (C=O) groups is 3. The van der Waals surface area contributed by atoms with Crippen LogP contribution >= 0.6 is 24.0 Å². The van der Waals surface area contributed by atoms with Crippen LogP contribution in [-0.4, -0.2) is 32.0 Å². The Balaban J connectivity index is 2.38. The fourth-order valence-corrected chi connectivity index (χ4v) is 2.92. The second-order valence-corrected chi connectivity index (χ2v) is 6.06. The fourth-order valence-electron chi connectivity index (χ4n) is 1.72. The number of rotatable bonds is 4. The van der Waals surface area contributed by atoms with Crippen LogP contribution in [0.3, 0.4) is 0 Å². The topological polar surface area (TPSA) is 127 Å². The van der Waals surface area contributed by atoms with Crippen LogP contribution in [0.15, 0.2) is 40.9 Å². The molecule has 1 aliphatic rings. The molecule has 0 aromatic heterocycles. The number of para-hydroxylation sites is 1. The van der Waals surface area contributed by atoms with E-state index in [1.54, 1.807) is 18.2 Å². The van der Waals surface area contributed by atoms with Crippen molar-refractivity contribution in [2.45, 2.75) is 0 Å². The van der Waals surface area contributed by atoms with Crippen LogP contribution in [0.5, 0.6) is 5.75 Å². The standard InChI is InChI=1S/C14H11N3O4S2/c15-11(19)8(12(16)20)6-17-13(21)10(23-14(17)22)5-7-3-1-2-4-9(7)18/h1-6,18H,(H2,15,19)(H2,16,20). The second-order valence-electron chi connectivity index (χ2n) is 4.38. The maximum Gasteiger partial charge on any atom is 0.270 e. The minimum absolute atomic E-state index is 0.00303. The van der Waals surface area contributed by atoms with Gasteiger partial charge in [-0.1, -0.05) is 42.2 Å². The minimum atomic E-state index is -1.06. The summed E-state index contributed by atoms with van der Waals surface area (Å²) < 4.78 is 0.108. The van der Waals surface area contributed by atoms with E-state index in [1.807, 2.05) is 0 Å². The molecule has 0 bridgehead atoms. The van der Waals surface area contributed by atoms with E-state index in [1.165, 1.54) is 12.1 Å². The van der Waals surface area contributed by atoms with Gasteiger partial charge in [-0.2, -0.15) is 0 Å². The zero-order valence-corrected chi connectivity index (χ0v) is 13.2. The number of thiocarbonyl (C=S) groups is 1. The Labute approximate surface area is 140 Å². The first-order valence-corrected chi connectivity index (χ1v) is 7.40. The van der Waals surface area contributed by atoms with Crippen molar-refractivity contribution in [3.63, 3.8) is 0 Å². The highest BCUT2D eigenvalue weighted by molar-refractivity contribution is 8.26. The van der Waals surface area contributed by atoms with Gasteiger partial charge in [-0.05, 0) is 12.1 Å². The number of nitrogens with two attached hydrogens (primary N) is 2. The van der Waals surface area contributed by atoms with Gasteiger partial charge in [-0.15, -0.1) is 0 Å². The van der Waals surface area contributed by atoms with E-state index in [0.717, 1.165) is 22.9 Å². The molecule has 1 aromatic carbocycles. The summed E-state index contributed by atoms with van der Waals surface area (Å²) in [4.78, 5) is 35.8. The molecule has 1 aliphatic heterocycles. The van der Waals surface area contributed by atoms with Gasteiger partial charge >= 0.3 is 0 Å². The third kappa shape index (κ3) is 3.58. The molecule has 23 heavy (non-hydrogen) atoms. The minimum Gasteiger partial charge on any atom is -0.507 e. The van der Waals surface area contributed by atoms with Crippen LogP contribution < -0.4 is 11.5 Å². The van der Waals surface area contributed by atoms with E-state index in [0.29, 0.717) is 5.56 Å². The van der Waals surface area contributed by atoms with Crippen LogP contribution in [0.1, 0.15) is 5.56 Å². The van der Waals surface area contributed by atoms with Crippen LogP contribution in [-0.2, 0) is 14.4 Å². The summed E-state index contributed by atoms with van der Waals surface area (Å²) in [6, 6.07) is 6.44. The molecule has 0 aliphatic carbocycles. The van der Waals surface area contributed by atoms with Crippen LogP contribution in [0, 0.1) is 0 Å². The Morgan fingerprint density at radius 3 is 2.39 bits per heavy atom. The molecular weight excluding hydrogens is 338 g/mol. The largest absolute Gasteiger partial charge is 0.507 e. The lowest BCUT2D eigenvalue weighted by atomic mass is 10.2. The SMILES string of the molecule is NC(=O)C(=CN1C(=O)C(=Cc2ccccc2O)SC1=S)C(N)=O. The fraction of sp³-hybridized carbons (Fsp3) is 0. The maximum atomic E-state index is 12.3. The Kier molecular flexibility index (Phi) is 4.82. The van der Waals surface area contributed by atoms with Gasteiger partial charge in [0.1, 0.15) is 11.3 Å². The lowest BCUT2D eigenvalue weighted by Crippen LogP contribution is -2.31. The molecule has 1 fully saturated rings. The van der Waals surface area contributed by atoms with Gasteiger partial charge in [0.05, 0.1) is 4.91 Å². The molecule has 7 nitrogen and oxygen atoms in total. The third-order valence-electron chi connectivity index (χ3n) is 2.84. The molecular formula is C14H11N3O4S2. The quantitative estimate of drug-likeness (QED) is 0.313. The van der Waals surface area contributed by atoms with Crippen molar-refractivity contribution in [2.75, 3.05) is 0 Å². The molecule has 0 spiro atoms. The Morgan fingerprint density at radius 1 is 1.22 bits per heavy atom. The van der Waals surface area contributed by atoms with Crippen LogP contribution in [0.25, 0.3) is 6.08 Å².